The van der Waals surface area contributed by atoms with E-state index >= 15 is 0 Å². The summed E-state index contributed by atoms with van der Waals surface area (Å²) in [6.45, 7) is 0. The van der Waals surface area contributed by atoms with Gasteiger partial charge in [0.2, 0.25) is 5.69 Å². The van der Waals surface area contributed by atoms with Crippen LogP contribution in [0.2, 0.25) is 0 Å². The Morgan fingerprint density at radius 1 is 1.12 bits per heavy atom. The number of pyridine rings is 1. The van der Waals surface area contributed by atoms with Crippen LogP contribution in [0.25, 0.3) is 16.9 Å². The summed E-state index contributed by atoms with van der Waals surface area (Å²) in [5, 5.41) is 2.70. The highest BCUT2D eigenvalue weighted by Crippen LogP contribution is 2.21. The summed E-state index contributed by atoms with van der Waals surface area (Å²) in [6.07, 6.45) is 4.66. The van der Waals surface area contributed by atoms with Crippen LogP contribution in [0.3, 0.4) is 0 Å². The van der Waals surface area contributed by atoms with Gasteiger partial charge in [0.05, 0.1) is 6.20 Å². The van der Waals surface area contributed by atoms with Crippen LogP contribution >= 0.6 is 0 Å². The van der Waals surface area contributed by atoms with Gasteiger partial charge in [0.15, 0.2) is 5.52 Å². The maximum atomic E-state index is 14.2. The number of H-pyrrole nitrogens is 1. The molecule has 4 rings (SSSR count). The molecule has 1 amide bonds. The van der Waals surface area contributed by atoms with Crippen LogP contribution in [0.5, 0.6) is 0 Å². The molecular weight excluding hydrogens is 321 g/mol. The van der Waals surface area contributed by atoms with Gasteiger partial charge in [0.1, 0.15) is 23.5 Å². The molecule has 0 aliphatic heterocycles. The lowest BCUT2D eigenvalue weighted by Crippen LogP contribution is -2.22. The van der Waals surface area contributed by atoms with Gasteiger partial charge in [0, 0.05) is 6.20 Å². The summed E-state index contributed by atoms with van der Waals surface area (Å²) >= 11 is 0. The molecule has 3 heterocycles. The fraction of sp³-hybridized carbons (Fsp3) is 0. The molecule has 6 nitrogen and oxygen atoms in total. The fourth-order valence-electron chi connectivity index (χ4n) is 2.65. The number of fused-ring (bicyclic) bond motifs is 1. The van der Waals surface area contributed by atoms with Gasteiger partial charge in [-0.2, -0.15) is 4.40 Å². The van der Waals surface area contributed by atoms with E-state index in [1.807, 2.05) is 12.1 Å². The van der Waals surface area contributed by atoms with E-state index in [4.69, 9.17) is 0 Å². The Kier molecular flexibility index (Phi) is 3.66. The SMILES string of the molecule is O=C(Nc1ccncn1)c1[nH]c(-c2ccccc2F)[n+]2ccccc12. The molecule has 3 aromatic heterocycles. The molecule has 0 unspecified atom stereocenters. The predicted molar refractivity (Wildman–Crippen MR) is 89.3 cm³/mol. The van der Waals surface area contributed by atoms with Crippen molar-refractivity contribution >= 4 is 17.2 Å². The fourth-order valence-corrected chi connectivity index (χ4v) is 2.65. The maximum Gasteiger partial charge on any atom is 0.301 e. The minimum Gasteiger partial charge on any atom is -0.303 e. The molecule has 2 N–H and O–H groups in total. The Balaban J connectivity index is 1.83. The topological polar surface area (TPSA) is 74.8 Å². The highest BCUT2D eigenvalue weighted by atomic mass is 19.1. The van der Waals surface area contributed by atoms with Crippen molar-refractivity contribution in [2.45, 2.75) is 0 Å². The first kappa shape index (κ1) is 14.9. The largest absolute Gasteiger partial charge is 0.303 e. The molecule has 0 saturated heterocycles. The van der Waals surface area contributed by atoms with Crippen molar-refractivity contribution in [3.8, 4) is 11.4 Å². The van der Waals surface area contributed by atoms with Gasteiger partial charge >= 0.3 is 5.91 Å². The van der Waals surface area contributed by atoms with Gasteiger partial charge in [0.25, 0.3) is 5.82 Å². The number of amides is 1. The number of nitrogens with zero attached hydrogens (tertiary/aromatic N) is 3. The van der Waals surface area contributed by atoms with Gasteiger partial charge < -0.3 is 5.32 Å². The maximum absolute atomic E-state index is 14.2. The van der Waals surface area contributed by atoms with Crippen LogP contribution in [0.4, 0.5) is 10.2 Å². The van der Waals surface area contributed by atoms with E-state index in [1.54, 1.807) is 40.9 Å². The molecular formula is C18H13FN5O+. The third-order valence-electron chi connectivity index (χ3n) is 3.78. The molecule has 1 aromatic carbocycles. The van der Waals surface area contributed by atoms with E-state index in [-0.39, 0.29) is 11.7 Å². The van der Waals surface area contributed by atoms with Crippen molar-refractivity contribution < 1.29 is 13.6 Å². The van der Waals surface area contributed by atoms with E-state index in [0.717, 1.165) is 0 Å². The highest BCUT2D eigenvalue weighted by molar-refractivity contribution is 6.06. The molecule has 0 aliphatic rings. The first-order chi connectivity index (χ1) is 12.2. The Bertz CT molecular complexity index is 1060. The number of rotatable bonds is 3. The number of anilines is 1. The Morgan fingerprint density at radius 3 is 2.76 bits per heavy atom. The van der Waals surface area contributed by atoms with Gasteiger partial charge in [-0.1, -0.05) is 18.2 Å². The van der Waals surface area contributed by atoms with E-state index in [1.165, 1.54) is 18.6 Å². The predicted octanol–water partition coefficient (Wildman–Crippen LogP) is 2.60. The number of hydrogen-bond donors (Lipinski definition) is 2. The second-order valence-electron chi connectivity index (χ2n) is 5.33. The molecule has 0 fully saturated rings. The average molecular weight is 334 g/mol. The van der Waals surface area contributed by atoms with Gasteiger partial charge in [-0.05, 0) is 30.3 Å². The first-order valence-corrected chi connectivity index (χ1v) is 7.58. The normalized spacial score (nSPS) is 10.8. The van der Waals surface area contributed by atoms with Crippen LogP contribution in [0, 0.1) is 5.82 Å². The van der Waals surface area contributed by atoms with E-state index < -0.39 is 0 Å². The third-order valence-corrected chi connectivity index (χ3v) is 3.78. The summed E-state index contributed by atoms with van der Waals surface area (Å²) in [4.78, 5) is 23.5. The number of nitrogens with one attached hydrogen (secondary N) is 2. The molecule has 7 heteroatoms. The summed E-state index contributed by atoms with van der Waals surface area (Å²) in [5.74, 6) is 0.132. The van der Waals surface area contributed by atoms with Crippen molar-refractivity contribution in [2.75, 3.05) is 5.32 Å². The van der Waals surface area contributed by atoms with Gasteiger partial charge in [-0.15, -0.1) is 0 Å². The van der Waals surface area contributed by atoms with E-state index in [0.29, 0.717) is 28.4 Å². The zero-order valence-electron chi connectivity index (χ0n) is 13.0. The second kappa shape index (κ2) is 6.12. The summed E-state index contributed by atoms with van der Waals surface area (Å²) in [7, 11) is 0. The zero-order chi connectivity index (χ0) is 17.2. The van der Waals surface area contributed by atoms with Crippen LogP contribution < -0.4 is 9.72 Å². The zero-order valence-corrected chi connectivity index (χ0v) is 13.0. The quantitative estimate of drug-likeness (QED) is 0.566. The summed E-state index contributed by atoms with van der Waals surface area (Å²) in [5.41, 5.74) is 1.33. The van der Waals surface area contributed by atoms with Crippen molar-refractivity contribution in [2.24, 2.45) is 0 Å². The summed E-state index contributed by atoms with van der Waals surface area (Å²) < 4.78 is 16.0. The van der Waals surface area contributed by atoms with Crippen molar-refractivity contribution in [3.05, 3.63) is 78.8 Å². The molecule has 0 saturated carbocycles. The van der Waals surface area contributed by atoms with Crippen LogP contribution in [-0.4, -0.2) is 20.9 Å². The molecule has 0 bridgehead atoms. The standard InChI is InChI=1S/C18H12FN5O/c19-13-6-2-1-5-12(13)17-23-16(14-7-3-4-10-24(14)17)18(25)22-15-8-9-20-11-21-15/h1-11H,(H,20,21,22,25)/p+1. The van der Waals surface area contributed by atoms with E-state index in [2.05, 4.69) is 20.3 Å². The van der Waals surface area contributed by atoms with Gasteiger partial charge in [-0.3, -0.25) is 4.79 Å². The lowest BCUT2D eigenvalue weighted by Gasteiger charge is -1.99. The minimum absolute atomic E-state index is 0.317. The number of aromatic nitrogens is 4. The van der Waals surface area contributed by atoms with Crippen molar-refractivity contribution in [1.29, 1.82) is 0 Å². The second-order valence-corrected chi connectivity index (χ2v) is 5.33. The highest BCUT2D eigenvalue weighted by Gasteiger charge is 2.26. The lowest BCUT2D eigenvalue weighted by molar-refractivity contribution is -0.498. The summed E-state index contributed by atoms with van der Waals surface area (Å²) in [6, 6.07) is 13.4. The Hall–Kier alpha value is -3.61. The van der Waals surface area contributed by atoms with Crippen LogP contribution in [-0.2, 0) is 0 Å². The molecule has 122 valence electrons. The number of carbonyl (C=O) groups is 1. The number of aromatic amines is 1. The number of benzene rings is 1. The lowest BCUT2D eigenvalue weighted by atomic mass is 10.2. The number of imidazole rings is 1. The molecule has 25 heavy (non-hydrogen) atoms. The number of hydrogen-bond acceptors (Lipinski definition) is 3. The molecule has 0 aliphatic carbocycles. The molecule has 4 aromatic rings. The van der Waals surface area contributed by atoms with Crippen LogP contribution in [0.1, 0.15) is 10.5 Å². The van der Waals surface area contributed by atoms with Crippen molar-refractivity contribution in [3.63, 3.8) is 0 Å². The van der Waals surface area contributed by atoms with Gasteiger partial charge in [-0.25, -0.2) is 19.3 Å². The Labute approximate surface area is 142 Å². The minimum atomic E-state index is -0.371. The number of carbonyl (C=O) groups excluding carboxylic acids is 1. The molecule has 0 spiro atoms. The number of halogens is 1. The molecule has 0 radical (unpaired) electrons. The van der Waals surface area contributed by atoms with Crippen molar-refractivity contribution in [1.82, 2.24) is 15.0 Å². The molecule has 0 atom stereocenters. The van der Waals surface area contributed by atoms with E-state index in [9.17, 15) is 9.18 Å². The first-order valence-electron chi connectivity index (χ1n) is 7.58. The average Bonchev–Trinajstić information content (AvgIpc) is 3.03. The van der Waals surface area contributed by atoms with Crippen LogP contribution in [0.15, 0.2) is 67.3 Å². The smallest absolute Gasteiger partial charge is 0.301 e. The monoisotopic (exact) mass is 334 g/mol. The Morgan fingerprint density at radius 2 is 1.96 bits per heavy atom. The third kappa shape index (κ3) is 2.72.